The zero-order chi connectivity index (χ0) is 16.9. The summed E-state index contributed by atoms with van der Waals surface area (Å²) in [5.41, 5.74) is 0.508. The minimum atomic E-state index is -0.117. The standard InChI is InChI=1S/C21H30O3/c1-12(22)24-18-10-14-15-4-5-17(23)19(15,2)8-7-16(14)20(3)9-6-13-11-21(13,18)20/h13-16,18H,4-11H2,1-3H3/t13-,14-,15+,16+,18-,19-,20-,21-/m1/s1. The summed E-state index contributed by atoms with van der Waals surface area (Å²) in [6.07, 6.45) is 9.14. The lowest BCUT2D eigenvalue weighted by Gasteiger charge is -2.59. The molecule has 0 heterocycles. The summed E-state index contributed by atoms with van der Waals surface area (Å²) >= 11 is 0. The monoisotopic (exact) mass is 330 g/mol. The lowest BCUT2D eigenvalue weighted by atomic mass is 9.46. The van der Waals surface area contributed by atoms with Gasteiger partial charge < -0.3 is 4.74 Å². The first-order valence-corrected chi connectivity index (χ1v) is 10.0. The maximum Gasteiger partial charge on any atom is 0.302 e. The second kappa shape index (κ2) is 4.45. The highest BCUT2D eigenvalue weighted by molar-refractivity contribution is 5.87. The van der Waals surface area contributed by atoms with E-state index in [0.29, 0.717) is 23.0 Å². The molecule has 0 aliphatic heterocycles. The maximum atomic E-state index is 12.6. The first kappa shape index (κ1) is 15.4. The van der Waals surface area contributed by atoms with Gasteiger partial charge in [0.25, 0.3) is 0 Å². The third-order valence-electron chi connectivity index (χ3n) is 9.56. The van der Waals surface area contributed by atoms with Gasteiger partial charge in [0.15, 0.2) is 0 Å². The smallest absolute Gasteiger partial charge is 0.302 e. The largest absolute Gasteiger partial charge is 0.462 e. The van der Waals surface area contributed by atoms with Crippen molar-refractivity contribution in [1.82, 2.24) is 0 Å². The Bertz CT molecular complexity index is 627. The molecule has 0 saturated heterocycles. The van der Waals surface area contributed by atoms with Crippen LogP contribution in [0.4, 0.5) is 0 Å². The molecule has 0 aromatic rings. The van der Waals surface area contributed by atoms with Crippen molar-refractivity contribution in [3.63, 3.8) is 0 Å². The molecule has 132 valence electrons. The van der Waals surface area contributed by atoms with E-state index in [9.17, 15) is 9.59 Å². The summed E-state index contributed by atoms with van der Waals surface area (Å²) in [4.78, 5) is 24.3. The van der Waals surface area contributed by atoms with Gasteiger partial charge >= 0.3 is 5.97 Å². The molecule has 5 rings (SSSR count). The van der Waals surface area contributed by atoms with E-state index in [1.165, 1.54) is 25.7 Å². The van der Waals surface area contributed by atoms with Crippen molar-refractivity contribution in [2.24, 2.45) is 39.9 Å². The maximum absolute atomic E-state index is 12.6. The summed E-state index contributed by atoms with van der Waals surface area (Å²) in [7, 11) is 0. The summed E-state index contributed by atoms with van der Waals surface area (Å²) in [5, 5.41) is 0. The van der Waals surface area contributed by atoms with E-state index in [1.807, 2.05) is 0 Å². The number of esters is 1. The van der Waals surface area contributed by atoms with Crippen LogP contribution >= 0.6 is 0 Å². The minimum absolute atomic E-state index is 0.0929. The summed E-state index contributed by atoms with van der Waals surface area (Å²) in [5.74, 6) is 3.00. The third-order valence-corrected chi connectivity index (χ3v) is 9.56. The number of hydrogen-bond acceptors (Lipinski definition) is 3. The molecule has 5 saturated carbocycles. The zero-order valence-electron chi connectivity index (χ0n) is 15.3. The highest BCUT2D eigenvalue weighted by Gasteiger charge is 2.78. The molecular formula is C21H30O3. The molecule has 0 N–H and O–H groups in total. The predicted octanol–water partition coefficient (Wildman–Crippen LogP) is 4.14. The van der Waals surface area contributed by atoms with Crippen LogP contribution in [0.15, 0.2) is 0 Å². The van der Waals surface area contributed by atoms with Crippen molar-refractivity contribution < 1.29 is 14.3 Å². The fraction of sp³-hybridized carbons (Fsp3) is 0.905. The summed E-state index contributed by atoms with van der Waals surface area (Å²) < 4.78 is 5.95. The number of rotatable bonds is 1. The average molecular weight is 330 g/mol. The Labute approximate surface area is 144 Å². The highest BCUT2D eigenvalue weighted by atomic mass is 16.5. The van der Waals surface area contributed by atoms with Crippen LogP contribution in [0.2, 0.25) is 0 Å². The highest BCUT2D eigenvalue weighted by Crippen LogP contribution is 2.81. The Balaban J connectivity index is 1.55. The first-order valence-electron chi connectivity index (χ1n) is 10.0. The van der Waals surface area contributed by atoms with Crippen molar-refractivity contribution in [2.75, 3.05) is 0 Å². The number of carbonyl (C=O) groups is 2. The number of hydrogen-bond donors (Lipinski definition) is 0. The summed E-state index contributed by atoms with van der Waals surface area (Å²) in [6, 6.07) is 0. The van der Waals surface area contributed by atoms with E-state index < -0.39 is 0 Å². The first-order chi connectivity index (χ1) is 11.3. The minimum Gasteiger partial charge on any atom is -0.462 e. The van der Waals surface area contributed by atoms with Gasteiger partial charge in [0.05, 0.1) is 0 Å². The van der Waals surface area contributed by atoms with Crippen LogP contribution in [0.5, 0.6) is 0 Å². The van der Waals surface area contributed by atoms with Gasteiger partial charge in [-0.3, -0.25) is 9.59 Å². The average Bonchev–Trinajstić information content (AvgIpc) is 3.08. The normalized spacial score (nSPS) is 57.6. The lowest BCUT2D eigenvalue weighted by Crippen LogP contribution is -2.57. The molecular weight excluding hydrogens is 300 g/mol. The molecule has 5 aliphatic carbocycles. The molecule has 1 spiro atoms. The zero-order valence-corrected chi connectivity index (χ0v) is 15.3. The Morgan fingerprint density at radius 2 is 1.92 bits per heavy atom. The van der Waals surface area contributed by atoms with Crippen LogP contribution in [-0.4, -0.2) is 17.9 Å². The second-order valence-corrected chi connectivity index (χ2v) is 10.0. The van der Waals surface area contributed by atoms with Gasteiger partial charge in [0.1, 0.15) is 11.9 Å². The van der Waals surface area contributed by atoms with E-state index in [0.717, 1.165) is 37.5 Å². The fourth-order valence-electron chi connectivity index (χ4n) is 8.40. The predicted molar refractivity (Wildman–Crippen MR) is 90.1 cm³/mol. The molecule has 24 heavy (non-hydrogen) atoms. The molecule has 3 heteroatoms. The van der Waals surface area contributed by atoms with Crippen LogP contribution in [0.1, 0.15) is 72.1 Å². The quantitative estimate of drug-likeness (QED) is 0.679. The van der Waals surface area contributed by atoms with E-state index in [4.69, 9.17) is 4.74 Å². The van der Waals surface area contributed by atoms with E-state index in [-0.39, 0.29) is 22.9 Å². The molecule has 8 atom stereocenters. The van der Waals surface area contributed by atoms with Gasteiger partial charge in [-0.05, 0) is 74.0 Å². The number of ether oxygens (including phenoxy) is 1. The SMILES string of the molecule is CC(=O)O[C@@H]1C[C@@H]2[C@@H]3CCC(=O)[C@]3(C)CC[C@@H]2[C@@]2(C)CC[C@@H]3C[C@@]312. The van der Waals surface area contributed by atoms with Crippen molar-refractivity contribution in [3.05, 3.63) is 0 Å². The van der Waals surface area contributed by atoms with E-state index in [1.54, 1.807) is 6.92 Å². The Morgan fingerprint density at radius 3 is 2.62 bits per heavy atom. The lowest BCUT2D eigenvalue weighted by molar-refractivity contribution is -0.180. The third kappa shape index (κ3) is 1.56. The topological polar surface area (TPSA) is 43.4 Å². The number of Topliss-reactive ketones (excluding diaryl/α,β-unsaturated/α-hetero) is 1. The molecule has 0 aromatic carbocycles. The Hall–Kier alpha value is -0.860. The molecule has 0 aromatic heterocycles. The second-order valence-electron chi connectivity index (χ2n) is 10.0. The van der Waals surface area contributed by atoms with E-state index in [2.05, 4.69) is 13.8 Å². The van der Waals surface area contributed by atoms with Crippen molar-refractivity contribution in [1.29, 1.82) is 0 Å². The molecule has 0 radical (unpaired) electrons. The van der Waals surface area contributed by atoms with Crippen LogP contribution < -0.4 is 0 Å². The molecule has 0 unspecified atom stereocenters. The van der Waals surface area contributed by atoms with E-state index >= 15 is 0 Å². The Morgan fingerprint density at radius 1 is 1.12 bits per heavy atom. The van der Waals surface area contributed by atoms with Crippen LogP contribution in [0, 0.1) is 39.9 Å². The summed E-state index contributed by atoms with van der Waals surface area (Å²) in [6.45, 7) is 6.30. The van der Waals surface area contributed by atoms with Crippen molar-refractivity contribution in [3.8, 4) is 0 Å². The molecule has 5 fully saturated rings. The van der Waals surface area contributed by atoms with Crippen LogP contribution in [0.3, 0.4) is 0 Å². The number of ketones is 1. The number of carbonyl (C=O) groups excluding carboxylic acids is 2. The van der Waals surface area contributed by atoms with Crippen molar-refractivity contribution >= 4 is 11.8 Å². The molecule has 0 amide bonds. The van der Waals surface area contributed by atoms with Crippen LogP contribution in [0.25, 0.3) is 0 Å². The Kier molecular flexibility index (Phi) is 2.86. The van der Waals surface area contributed by atoms with Gasteiger partial charge in [0, 0.05) is 24.2 Å². The van der Waals surface area contributed by atoms with Gasteiger partial charge in [-0.25, -0.2) is 0 Å². The molecule has 3 nitrogen and oxygen atoms in total. The number of fused-ring (bicyclic) bond motifs is 4. The molecule has 5 aliphatic rings. The molecule has 0 bridgehead atoms. The van der Waals surface area contributed by atoms with Crippen LogP contribution in [-0.2, 0) is 14.3 Å². The van der Waals surface area contributed by atoms with Gasteiger partial charge in [0.2, 0.25) is 0 Å². The fourth-order valence-corrected chi connectivity index (χ4v) is 8.40. The van der Waals surface area contributed by atoms with Gasteiger partial charge in [-0.2, -0.15) is 0 Å². The van der Waals surface area contributed by atoms with Crippen molar-refractivity contribution in [2.45, 2.75) is 78.2 Å². The van der Waals surface area contributed by atoms with Gasteiger partial charge in [-0.15, -0.1) is 0 Å². The van der Waals surface area contributed by atoms with Gasteiger partial charge in [-0.1, -0.05) is 13.8 Å².